The van der Waals surface area contributed by atoms with Gasteiger partial charge < -0.3 is 14.8 Å². The van der Waals surface area contributed by atoms with Crippen molar-refractivity contribution in [1.82, 2.24) is 5.32 Å². The first-order chi connectivity index (χ1) is 11.0. The van der Waals surface area contributed by atoms with E-state index in [9.17, 15) is 4.39 Å². The largest absolute Gasteiger partial charge is 0.490 e. The molecule has 0 atom stereocenters. The van der Waals surface area contributed by atoms with Crippen LogP contribution in [0, 0.1) is 5.82 Å². The van der Waals surface area contributed by atoms with E-state index in [0.29, 0.717) is 40.3 Å². The normalized spacial score (nSPS) is 10.7. The minimum absolute atomic E-state index is 0.195. The highest BCUT2D eigenvalue weighted by Crippen LogP contribution is 2.34. The lowest BCUT2D eigenvalue weighted by molar-refractivity contribution is 0.269. The van der Waals surface area contributed by atoms with Crippen molar-refractivity contribution in [3.8, 4) is 11.5 Å². The van der Waals surface area contributed by atoms with E-state index in [0.717, 1.165) is 5.56 Å². The van der Waals surface area contributed by atoms with Crippen LogP contribution in [-0.2, 0) is 13.2 Å². The van der Waals surface area contributed by atoms with Crippen molar-refractivity contribution < 1.29 is 13.9 Å². The molecule has 6 heteroatoms. The molecule has 0 amide bonds. The maximum atomic E-state index is 13.1. The smallest absolute Gasteiger partial charge is 0.163 e. The summed E-state index contributed by atoms with van der Waals surface area (Å²) >= 11 is 12.3. The number of benzene rings is 2. The summed E-state index contributed by atoms with van der Waals surface area (Å²) in [5, 5.41) is 3.96. The van der Waals surface area contributed by atoms with Gasteiger partial charge in [-0.1, -0.05) is 29.3 Å². The van der Waals surface area contributed by atoms with Gasteiger partial charge in [-0.05, 0) is 37.7 Å². The lowest BCUT2D eigenvalue weighted by Gasteiger charge is -2.15. The molecule has 0 bridgehead atoms. The van der Waals surface area contributed by atoms with Crippen LogP contribution in [-0.4, -0.2) is 13.7 Å². The highest BCUT2D eigenvalue weighted by atomic mass is 35.5. The average Bonchev–Trinajstić information content (AvgIpc) is 2.50. The lowest BCUT2D eigenvalue weighted by atomic mass is 10.2. The molecule has 0 aromatic heterocycles. The molecule has 23 heavy (non-hydrogen) atoms. The van der Waals surface area contributed by atoms with Gasteiger partial charge in [0.25, 0.3) is 0 Å². The third-order valence-corrected chi connectivity index (χ3v) is 3.88. The van der Waals surface area contributed by atoms with Gasteiger partial charge in [0.15, 0.2) is 11.5 Å². The van der Waals surface area contributed by atoms with E-state index < -0.39 is 0 Å². The number of nitrogens with one attached hydrogen (secondary N) is 1. The number of hydrogen-bond acceptors (Lipinski definition) is 3. The van der Waals surface area contributed by atoms with Crippen molar-refractivity contribution in [1.29, 1.82) is 0 Å². The Morgan fingerprint density at radius 1 is 1.00 bits per heavy atom. The molecule has 2 aromatic rings. The first-order valence-corrected chi connectivity index (χ1v) is 7.97. The van der Waals surface area contributed by atoms with E-state index in [-0.39, 0.29) is 12.4 Å². The lowest BCUT2D eigenvalue weighted by Crippen LogP contribution is -2.07. The van der Waals surface area contributed by atoms with Crippen LogP contribution in [0.1, 0.15) is 18.1 Å². The molecule has 124 valence electrons. The topological polar surface area (TPSA) is 30.5 Å². The predicted molar refractivity (Wildman–Crippen MR) is 91.1 cm³/mol. The van der Waals surface area contributed by atoms with E-state index in [4.69, 9.17) is 32.7 Å². The molecule has 1 N–H and O–H groups in total. The third-order valence-electron chi connectivity index (χ3n) is 3.18. The molecule has 0 aliphatic carbocycles. The second kappa shape index (κ2) is 8.39. The van der Waals surface area contributed by atoms with Crippen molar-refractivity contribution in [2.75, 3.05) is 13.7 Å². The highest BCUT2D eigenvalue weighted by molar-refractivity contribution is 6.31. The Balaban J connectivity index is 2.22. The van der Waals surface area contributed by atoms with Gasteiger partial charge in [0.2, 0.25) is 0 Å². The zero-order valence-electron chi connectivity index (χ0n) is 13.0. The number of hydrogen-bond donors (Lipinski definition) is 1. The van der Waals surface area contributed by atoms with E-state index in [2.05, 4.69) is 5.32 Å². The molecule has 0 aliphatic rings. The van der Waals surface area contributed by atoms with Crippen molar-refractivity contribution in [2.45, 2.75) is 20.1 Å². The third kappa shape index (κ3) is 4.74. The first-order valence-electron chi connectivity index (χ1n) is 7.21. The molecule has 2 aromatic carbocycles. The average molecular weight is 358 g/mol. The van der Waals surface area contributed by atoms with E-state index in [1.54, 1.807) is 12.1 Å². The molecule has 0 fully saturated rings. The van der Waals surface area contributed by atoms with Crippen LogP contribution in [0.4, 0.5) is 4.39 Å². The SMILES string of the molecule is CCOc1cc(CNC)c(Cl)cc1OCc1ccc(F)cc1Cl. The van der Waals surface area contributed by atoms with Gasteiger partial charge in [-0.15, -0.1) is 0 Å². The molecule has 3 nitrogen and oxygen atoms in total. The van der Waals surface area contributed by atoms with Crippen LogP contribution in [0.2, 0.25) is 10.0 Å². The van der Waals surface area contributed by atoms with Gasteiger partial charge in [-0.2, -0.15) is 0 Å². The molecule has 0 radical (unpaired) electrons. The minimum Gasteiger partial charge on any atom is -0.490 e. The number of rotatable bonds is 7. The summed E-state index contributed by atoms with van der Waals surface area (Å²) < 4.78 is 24.5. The molecular formula is C17H18Cl2FNO2. The van der Waals surface area contributed by atoms with Crippen molar-refractivity contribution in [3.05, 3.63) is 57.3 Å². The highest BCUT2D eigenvalue weighted by Gasteiger charge is 2.12. The molecule has 0 saturated heterocycles. The first kappa shape index (κ1) is 17.9. The van der Waals surface area contributed by atoms with Crippen LogP contribution in [0.5, 0.6) is 11.5 Å². The fourth-order valence-corrected chi connectivity index (χ4v) is 2.52. The Morgan fingerprint density at radius 3 is 2.35 bits per heavy atom. The van der Waals surface area contributed by atoms with Crippen molar-refractivity contribution in [2.24, 2.45) is 0 Å². The standard InChI is InChI=1S/C17H18Cl2FNO2/c1-3-22-16-6-12(9-21-2)15(19)8-17(16)23-10-11-4-5-13(20)7-14(11)18/h4-8,21H,3,9-10H2,1-2H3. The fraction of sp³-hybridized carbons (Fsp3) is 0.294. The Bertz CT molecular complexity index is 680. The van der Waals surface area contributed by atoms with E-state index >= 15 is 0 Å². The zero-order chi connectivity index (χ0) is 16.8. The van der Waals surface area contributed by atoms with Gasteiger partial charge in [0.05, 0.1) is 11.6 Å². The second-order valence-corrected chi connectivity index (χ2v) is 5.69. The summed E-state index contributed by atoms with van der Waals surface area (Å²) in [6, 6.07) is 7.76. The minimum atomic E-state index is -0.381. The summed E-state index contributed by atoms with van der Waals surface area (Å²) in [6.45, 7) is 3.23. The molecule has 2 rings (SSSR count). The van der Waals surface area contributed by atoms with Crippen LogP contribution in [0.3, 0.4) is 0 Å². The molecule has 0 spiro atoms. The van der Waals surface area contributed by atoms with Crippen LogP contribution in [0.15, 0.2) is 30.3 Å². The fourth-order valence-electron chi connectivity index (χ4n) is 2.08. The molecular weight excluding hydrogens is 340 g/mol. The van der Waals surface area contributed by atoms with Crippen molar-refractivity contribution >= 4 is 23.2 Å². The Hall–Kier alpha value is -1.49. The molecule has 0 unspecified atom stereocenters. The van der Waals surface area contributed by atoms with Crippen molar-refractivity contribution in [3.63, 3.8) is 0 Å². The second-order valence-electron chi connectivity index (χ2n) is 4.88. The summed E-state index contributed by atoms with van der Waals surface area (Å²) in [5.41, 5.74) is 1.61. The maximum Gasteiger partial charge on any atom is 0.163 e. The van der Waals surface area contributed by atoms with Gasteiger partial charge in [-0.3, -0.25) is 0 Å². The number of ether oxygens (including phenoxy) is 2. The Kier molecular flexibility index (Phi) is 6.51. The maximum absolute atomic E-state index is 13.1. The van der Waals surface area contributed by atoms with Gasteiger partial charge in [-0.25, -0.2) is 4.39 Å². The van der Waals surface area contributed by atoms with Gasteiger partial charge in [0, 0.05) is 23.2 Å². The predicted octanol–water partition coefficient (Wildman–Crippen LogP) is 4.83. The zero-order valence-corrected chi connectivity index (χ0v) is 14.5. The van der Waals surface area contributed by atoms with E-state index in [1.165, 1.54) is 12.1 Å². The summed E-state index contributed by atoms with van der Waals surface area (Å²) in [7, 11) is 1.84. The van der Waals surface area contributed by atoms with Crippen LogP contribution in [0.25, 0.3) is 0 Å². The Morgan fingerprint density at radius 2 is 1.70 bits per heavy atom. The summed E-state index contributed by atoms with van der Waals surface area (Å²) in [4.78, 5) is 0. The summed E-state index contributed by atoms with van der Waals surface area (Å²) in [6.07, 6.45) is 0. The quantitative estimate of drug-likeness (QED) is 0.769. The van der Waals surface area contributed by atoms with Gasteiger partial charge in [0.1, 0.15) is 12.4 Å². The Labute approximate surface area is 145 Å². The number of halogens is 3. The molecule has 0 aliphatic heterocycles. The van der Waals surface area contributed by atoms with Crippen LogP contribution < -0.4 is 14.8 Å². The molecule has 0 saturated carbocycles. The monoisotopic (exact) mass is 357 g/mol. The van der Waals surface area contributed by atoms with Gasteiger partial charge >= 0.3 is 0 Å². The van der Waals surface area contributed by atoms with E-state index in [1.807, 2.05) is 20.0 Å². The molecule has 0 heterocycles. The summed E-state index contributed by atoms with van der Waals surface area (Å²) in [5.74, 6) is 0.755. The van der Waals surface area contributed by atoms with Crippen LogP contribution >= 0.6 is 23.2 Å².